The SMILES string of the molecule is [N-]=[N+]=Nc1ccccc1[C@H]1OC(c2ccc(OCCCO)cc2)=N[C@@]1(Cc1ccc(Br)cc1)C(=O)NCCc1ccc(OCc2ccccc2)c(OCc2ccccc2)c1. The van der Waals surface area contributed by atoms with Crippen molar-refractivity contribution in [1.82, 2.24) is 5.32 Å². The number of carbonyl (C=O) groups excluding carboxylic acids is 1. The van der Waals surface area contributed by atoms with Crippen LogP contribution in [0.5, 0.6) is 17.2 Å². The molecule has 7 rings (SSSR count). The molecule has 6 aromatic rings. The van der Waals surface area contributed by atoms with E-state index in [1.54, 1.807) is 30.3 Å². The molecule has 0 fully saturated rings. The fraction of sp³-hybridized carbons (Fsp3) is 0.208. The highest BCUT2D eigenvalue weighted by molar-refractivity contribution is 9.10. The summed E-state index contributed by atoms with van der Waals surface area (Å²) in [5, 5.41) is 16.3. The molecule has 0 saturated carbocycles. The summed E-state index contributed by atoms with van der Waals surface area (Å²) in [4.78, 5) is 23.2. The van der Waals surface area contributed by atoms with Crippen LogP contribution in [0.15, 0.2) is 166 Å². The van der Waals surface area contributed by atoms with Gasteiger partial charge in [0.25, 0.3) is 5.91 Å². The van der Waals surface area contributed by atoms with Crippen LogP contribution in [0.25, 0.3) is 10.4 Å². The number of rotatable bonds is 19. The lowest BCUT2D eigenvalue weighted by Gasteiger charge is -2.31. The van der Waals surface area contributed by atoms with Crippen LogP contribution in [0.3, 0.4) is 0 Å². The van der Waals surface area contributed by atoms with Crippen molar-refractivity contribution in [2.75, 3.05) is 19.8 Å². The normalized spacial score (nSPS) is 15.6. The van der Waals surface area contributed by atoms with E-state index in [9.17, 15) is 15.4 Å². The van der Waals surface area contributed by atoms with Gasteiger partial charge in [-0.2, -0.15) is 0 Å². The number of nitrogens with zero attached hydrogens (tertiary/aromatic N) is 4. The Labute approximate surface area is 357 Å². The van der Waals surface area contributed by atoms with Gasteiger partial charge in [0.2, 0.25) is 5.90 Å². The second-order valence-corrected chi connectivity index (χ2v) is 15.1. The van der Waals surface area contributed by atoms with Crippen LogP contribution in [0, 0.1) is 0 Å². The largest absolute Gasteiger partial charge is 0.494 e. The van der Waals surface area contributed by atoms with Crippen molar-refractivity contribution in [3.05, 3.63) is 200 Å². The van der Waals surface area contributed by atoms with E-state index in [0.29, 0.717) is 66.7 Å². The number of halogens is 1. The van der Waals surface area contributed by atoms with E-state index >= 15 is 0 Å². The second kappa shape index (κ2) is 20.4. The lowest BCUT2D eigenvalue weighted by molar-refractivity contribution is -0.128. The smallest absolute Gasteiger partial charge is 0.252 e. The van der Waals surface area contributed by atoms with E-state index in [0.717, 1.165) is 26.7 Å². The van der Waals surface area contributed by atoms with Gasteiger partial charge in [-0.15, -0.1) is 0 Å². The Morgan fingerprint density at radius 1 is 0.783 bits per heavy atom. The van der Waals surface area contributed by atoms with E-state index in [2.05, 4.69) is 31.3 Å². The van der Waals surface area contributed by atoms with E-state index in [1.807, 2.05) is 121 Å². The number of nitrogens with one attached hydrogen (secondary N) is 1. The van der Waals surface area contributed by atoms with Gasteiger partial charge in [-0.25, -0.2) is 4.99 Å². The zero-order valence-electron chi connectivity index (χ0n) is 32.8. The van der Waals surface area contributed by atoms with Crippen LogP contribution in [-0.4, -0.2) is 42.2 Å². The lowest BCUT2D eigenvalue weighted by Crippen LogP contribution is -2.50. The van der Waals surface area contributed by atoms with E-state index in [1.165, 1.54) is 0 Å². The molecule has 2 N–H and O–H groups in total. The van der Waals surface area contributed by atoms with Crippen molar-refractivity contribution in [2.45, 2.75) is 44.1 Å². The van der Waals surface area contributed by atoms with Crippen LogP contribution in [0.1, 0.15) is 45.9 Å². The minimum Gasteiger partial charge on any atom is -0.494 e. The Kier molecular flexibility index (Phi) is 14.1. The van der Waals surface area contributed by atoms with E-state index in [-0.39, 0.29) is 31.4 Å². The molecule has 0 aromatic heterocycles. The number of azide groups is 1. The molecule has 2 atom stereocenters. The summed E-state index contributed by atoms with van der Waals surface area (Å²) in [5.41, 5.74) is 13.4. The minimum absolute atomic E-state index is 0.0323. The van der Waals surface area contributed by atoms with Gasteiger partial charge in [0.15, 0.2) is 23.1 Å². The Balaban J connectivity index is 1.18. The van der Waals surface area contributed by atoms with Crippen molar-refractivity contribution >= 4 is 33.4 Å². The highest BCUT2D eigenvalue weighted by atomic mass is 79.9. The van der Waals surface area contributed by atoms with Gasteiger partial charge >= 0.3 is 0 Å². The Morgan fingerprint density at radius 3 is 2.12 bits per heavy atom. The average molecular weight is 867 g/mol. The molecule has 1 aliphatic heterocycles. The number of ether oxygens (including phenoxy) is 4. The van der Waals surface area contributed by atoms with Gasteiger partial charge in [0, 0.05) is 52.2 Å². The highest BCUT2D eigenvalue weighted by Gasteiger charge is 2.53. The highest BCUT2D eigenvalue weighted by Crippen LogP contribution is 2.45. The molecule has 1 aliphatic rings. The van der Waals surface area contributed by atoms with Crippen molar-refractivity contribution in [3.63, 3.8) is 0 Å². The zero-order valence-corrected chi connectivity index (χ0v) is 34.4. The van der Waals surface area contributed by atoms with Crippen molar-refractivity contribution in [3.8, 4) is 17.2 Å². The average Bonchev–Trinajstić information content (AvgIpc) is 3.67. The molecule has 12 heteroatoms. The van der Waals surface area contributed by atoms with Gasteiger partial charge < -0.3 is 29.4 Å². The molecular formula is C48H44BrN5O6. The summed E-state index contributed by atoms with van der Waals surface area (Å²) in [6, 6.07) is 47.8. The van der Waals surface area contributed by atoms with Crippen LogP contribution >= 0.6 is 15.9 Å². The van der Waals surface area contributed by atoms with Crippen molar-refractivity contribution in [1.29, 1.82) is 0 Å². The summed E-state index contributed by atoms with van der Waals surface area (Å²) in [6.07, 6.45) is 0.209. The molecule has 1 amide bonds. The molecule has 6 aromatic carbocycles. The third-order valence-electron chi connectivity index (χ3n) is 9.97. The van der Waals surface area contributed by atoms with Crippen LogP contribution < -0.4 is 19.5 Å². The molecule has 304 valence electrons. The first kappa shape index (κ1) is 41.6. The van der Waals surface area contributed by atoms with Gasteiger partial charge in [0.05, 0.1) is 6.61 Å². The van der Waals surface area contributed by atoms with E-state index in [4.69, 9.17) is 23.9 Å². The molecule has 11 nitrogen and oxygen atoms in total. The van der Waals surface area contributed by atoms with Crippen LogP contribution in [0.2, 0.25) is 0 Å². The number of aliphatic hydroxyl groups is 1. The lowest BCUT2D eigenvalue weighted by atomic mass is 9.81. The van der Waals surface area contributed by atoms with Gasteiger partial charge in [-0.1, -0.05) is 124 Å². The maximum absolute atomic E-state index is 15.0. The standard InChI is InChI=1S/C48H44BrN5O6/c49-39-21-16-35(17-22-39)31-48(45(41-14-7-8-15-42(41)53-54-50)60-46(52-48)38-19-23-40(24-20-38)57-29-9-28-55)47(56)51-27-26-34-18-25-43(58-32-36-10-3-1-4-11-36)44(30-34)59-33-37-12-5-2-6-13-37/h1-8,10-25,30,45,55H,9,26-29,31-33H2,(H,51,56)/t45-,48-/m1/s1. The number of benzene rings is 6. The van der Waals surface area contributed by atoms with Crippen molar-refractivity contribution < 1.29 is 28.8 Å². The number of aliphatic hydroxyl groups excluding tert-OH is 1. The number of aliphatic imine (C=N–C) groups is 1. The first-order valence-corrected chi connectivity index (χ1v) is 20.5. The molecule has 0 aliphatic carbocycles. The monoisotopic (exact) mass is 865 g/mol. The molecular weight excluding hydrogens is 822 g/mol. The first-order chi connectivity index (χ1) is 29.4. The van der Waals surface area contributed by atoms with Crippen molar-refractivity contribution in [2.24, 2.45) is 10.1 Å². The predicted molar refractivity (Wildman–Crippen MR) is 235 cm³/mol. The molecule has 60 heavy (non-hydrogen) atoms. The maximum Gasteiger partial charge on any atom is 0.252 e. The number of amides is 1. The summed E-state index contributed by atoms with van der Waals surface area (Å²) in [5.74, 6) is 1.75. The minimum atomic E-state index is -1.51. The summed E-state index contributed by atoms with van der Waals surface area (Å²) < 4.78 is 25.9. The van der Waals surface area contributed by atoms with Crippen LogP contribution in [-0.2, 0) is 35.6 Å². The van der Waals surface area contributed by atoms with E-state index < -0.39 is 11.6 Å². The second-order valence-electron chi connectivity index (χ2n) is 14.2. The molecule has 0 unspecified atom stereocenters. The molecule has 1 heterocycles. The Bertz CT molecular complexity index is 2430. The topological polar surface area (TPSA) is 147 Å². The van der Waals surface area contributed by atoms with Gasteiger partial charge in [-0.05, 0) is 82.7 Å². The summed E-state index contributed by atoms with van der Waals surface area (Å²) in [7, 11) is 0. The number of hydrogen-bond acceptors (Lipinski definition) is 8. The third kappa shape index (κ3) is 10.5. The Morgan fingerprint density at radius 2 is 1.43 bits per heavy atom. The Hall–Kier alpha value is -6.59. The quantitative estimate of drug-likeness (QED) is 0.0359. The number of carbonyl (C=O) groups is 1. The molecule has 0 bridgehead atoms. The first-order valence-electron chi connectivity index (χ1n) is 19.7. The summed E-state index contributed by atoms with van der Waals surface area (Å²) in [6.45, 7) is 1.43. The fourth-order valence-corrected chi connectivity index (χ4v) is 7.17. The van der Waals surface area contributed by atoms with Crippen LogP contribution in [0.4, 0.5) is 5.69 Å². The van der Waals surface area contributed by atoms with Gasteiger partial charge in [0.1, 0.15) is 19.0 Å². The fourth-order valence-electron chi connectivity index (χ4n) is 6.91. The molecule has 0 spiro atoms. The zero-order chi connectivity index (χ0) is 41.6. The van der Waals surface area contributed by atoms with Gasteiger partial charge in [-0.3, -0.25) is 4.79 Å². The number of hydrogen-bond donors (Lipinski definition) is 2. The maximum atomic E-state index is 15.0. The third-order valence-corrected chi connectivity index (χ3v) is 10.5. The molecule has 0 saturated heterocycles. The summed E-state index contributed by atoms with van der Waals surface area (Å²) >= 11 is 3.53. The predicted octanol–water partition coefficient (Wildman–Crippen LogP) is 10.2. The molecule has 0 radical (unpaired) electrons.